The molecule has 0 aliphatic rings. The molecule has 0 saturated carbocycles. The smallest absolute Gasteiger partial charge is 0.251 e. The van der Waals surface area contributed by atoms with Crippen molar-refractivity contribution < 1.29 is 24.3 Å². The maximum Gasteiger partial charge on any atom is 0.251 e. The number of aliphatic hydroxyl groups is 2. The van der Waals surface area contributed by atoms with Gasteiger partial charge in [0.05, 0.1) is 12.3 Å². The van der Waals surface area contributed by atoms with Gasteiger partial charge in [-0.2, -0.15) is 0 Å². The van der Waals surface area contributed by atoms with Crippen molar-refractivity contribution in [3.05, 3.63) is 52.9 Å². The van der Waals surface area contributed by atoms with Crippen LogP contribution in [0.2, 0.25) is 0 Å². The van der Waals surface area contributed by atoms with E-state index in [1.165, 1.54) is 0 Å². The first kappa shape index (κ1) is 24.8. The molecule has 0 radical (unpaired) electrons. The van der Waals surface area contributed by atoms with Crippen molar-refractivity contribution in [2.75, 3.05) is 13.2 Å². The van der Waals surface area contributed by atoms with Gasteiger partial charge >= 0.3 is 0 Å². The number of nitrogens with zero attached hydrogens (tertiary/aromatic N) is 1. The highest BCUT2D eigenvalue weighted by Gasteiger charge is 2.36. The first-order valence-corrected chi connectivity index (χ1v) is 10.1. The molecule has 2 aromatic rings. The summed E-state index contributed by atoms with van der Waals surface area (Å²) in [6.45, 7) is 4.91. The standard InChI is InChI=1S/C24H27N3O5/c1-17-14-20(27-32-17)15-25-24(2,3)22(21(30)16-29)26-23(31)19-11-9-18(10-12-19)8-6-4-5-7-13-28/h9-12,14,22,25,28-29H,7,13,15-16H2,1-3H3,(H,26,31)/t22-/m1/s1. The first-order chi connectivity index (χ1) is 15.3. The van der Waals surface area contributed by atoms with Gasteiger partial charge in [0.25, 0.3) is 5.91 Å². The predicted octanol–water partition coefficient (Wildman–Crippen LogP) is 0.949. The normalized spacial score (nSPS) is 11.5. The summed E-state index contributed by atoms with van der Waals surface area (Å²) in [7, 11) is 0. The summed E-state index contributed by atoms with van der Waals surface area (Å²) in [6, 6.07) is 7.34. The largest absolute Gasteiger partial charge is 0.395 e. The minimum atomic E-state index is -0.978. The van der Waals surface area contributed by atoms with Gasteiger partial charge in [-0.3, -0.25) is 9.59 Å². The average Bonchev–Trinajstić information content (AvgIpc) is 3.21. The molecule has 4 N–H and O–H groups in total. The lowest BCUT2D eigenvalue weighted by Crippen LogP contribution is -2.61. The number of hydrogen-bond acceptors (Lipinski definition) is 7. The number of Topliss-reactive ketones (excluding diaryl/α,β-unsaturated/α-hetero) is 1. The Morgan fingerprint density at radius 2 is 1.91 bits per heavy atom. The number of nitrogens with one attached hydrogen (secondary N) is 2. The summed E-state index contributed by atoms with van der Waals surface area (Å²) in [6.07, 6.45) is 0.366. The summed E-state index contributed by atoms with van der Waals surface area (Å²) in [5.41, 5.74) is 0.809. The van der Waals surface area contributed by atoms with E-state index >= 15 is 0 Å². The van der Waals surface area contributed by atoms with Crippen molar-refractivity contribution in [3.63, 3.8) is 0 Å². The van der Waals surface area contributed by atoms with Crippen molar-refractivity contribution in [2.24, 2.45) is 0 Å². The second-order valence-electron chi connectivity index (χ2n) is 7.64. The minimum absolute atomic E-state index is 0.00945. The molecule has 1 aromatic carbocycles. The molecule has 0 saturated heterocycles. The van der Waals surface area contributed by atoms with E-state index in [-0.39, 0.29) is 6.61 Å². The average molecular weight is 437 g/mol. The number of aryl methyl sites for hydroxylation is 1. The fourth-order valence-electron chi connectivity index (χ4n) is 2.86. The number of carbonyl (C=O) groups is 2. The van der Waals surface area contributed by atoms with Gasteiger partial charge in [-0.1, -0.05) is 17.0 Å². The third-order valence-electron chi connectivity index (χ3n) is 4.62. The van der Waals surface area contributed by atoms with Crippen LogP contribution in [0.5, 0.6) is 0 Å². The number of carbonyl (C=O) groups excluding carboxylic acids is 2. The van der Waals surface area contributed by atoms with Gasteiger partial charge in [0, 0.05) is 35.7 Å². The summed E-state index contributed by atoms with van der Waals surface area (Å²) >= 11 is 0. The topological polar surface area (TPSA) is 125 Å². The van der Waals surface area contributed by atoms with E-state index in [4.69, 9.17) is 9.63 Å². The van der Waals surface area contributed by atoms with Crippen molar-refractivity contribution in [3.8, 4) is 23.7 Å². The Labute approximate surface area is 187 Å². The van der Waals surface area contributed by atoms with Gasteiger partial charge in [-0.25, -0.2) is 0 Å². The number of aromatic nitrogens is 1. The zero-order valence-corrected chi connectivity index (χ0v) is 18.4. The quantitative estimate of drug-likeness (QED) is 0.431. The van der Waals surface area contributed by atoms with E-state index in [2.05, 4.69) is 39.5 Å². The summed E-state index contributed by atoms with van der Waals surface area (Å²) in [5, 5.41) is 27.9. The SMILES string of the molecule is Cc1cc(CNC(C)(C)[C@H](NC(=O)c2ccc(C#CC#CCCO)cc2)C(=O)CO)no1. The lowest BCUT2D eigenvalue weighted by molar-refractivity contribution is -0.125. The Morgan fingerprint density at radius 3 is 2.50 bits per heavy atom. The van der Waals surface area contributed by atoms with Gasteiger partial charge in [0.2, 0.25) is 0 Å². The number of benzene rings is 1. The molecular formula is C24H27N3O5. The number of hydrogen-bond donors (Lipinski definition) is 4. The second-order valence-corrected chi connectivity index (χ2v) is 7.64. The van der Waals surface area contributed by atoms with E-state index < -0.39 is 29.9 Å². The molecule has 0 spiro atoms. The third-order valence-corrected chi connectivity index (χ3v) is 4.62. The first-order valence-electron chi connectivity index (χ1n) is 10.1. The van der Waals surface area contributed by atoms with Gasteiger partial charge in [0.1, 0.15) is 18.4 Å². The van der Waals surface area contributed by atoms with Crippen molar-refractivity contribution in [2.45, 2.75) is 45.3 Å². The second kappa shape index (κ2) is 11.8. The van der Waals surface area contributed by atoms with Crippen LogP contribution in [0.4, 0.5) is 0 Å². The zero-order valence-electron chi connectivity index (χ0n) is 18.4. The van der Waals surface area contributed by atoms with E-state index in [0.29, 0.717) is 35.5 Å². The number of rotatable bonds is 9. The summed E-state index contributed by atoms with van der Waals surface area (Å²) < 4.78 is 5.04. The molecule has 0 bridgehead atoms. The van der Waals surface area contributed by atoms with Crippen LogP contribution in [0.1, 0.15) is 47.6 Å². The molecule has 168 valence electrons. The highest BCUT2D eigenvalue weighted by molar-refractivity contribution is 5.98. The molecule has 0 fully saturated rings. The molecule has 0 aliphatic heterocycles. The molecule has 8 heteroatoms. The molecule has 2 rings (SSSR count). The maximum atomic E-state index is 12.8. The molecule has 0 aliphatic carbocycles. The van der Waals surface area contributed by atoms with Gasteiger partial charge < -0.3 is 25.4 Å². The van der Waals surface area contributed by atoms with E-state index in [0.717, 1.165) is 0 Å². The summed E-state index contributed by atoms with van der Waals surface area (Å²) in [4.78, 5) is 25.2. The van der Waals surface area contributed by atoms with Crippen LogP contribution in [0.15, 0.2) is 34.9 Å². The van der Waals surface area contributed by atoms with Crippen LogP contribution in [0, 0.1) is 30.6 Å². The van der Waals surface area contributed by atoms with E-state index in [9.17, 15) is 14.7 Å². The van der Waals surface area contributed by atoms with Gasteiger partial charge in [-0.15, -0.1) is 0 Å². The predicted molar refractivity (Wildman–Crippen MR) is 118 cm³/mol. The number of ketones is 1. The number of aliphatic hydroxyl groups excluding tert-OH is 2. The Kier molecular flexibility index (Phi) is 9.18. The Morgan fingerprint density at radius 1 is 1.19 bits per heavy atom. The third kappa shape index (κ3) is 7.36. The molecular weight excluding hydrogens is 410 g/mol. The summed E-state index contributed by atoms with van der Waals surface area (Å²) in [5.74, 6) is 10.6. The Hall–Kier alpha value is -3.43. The molecule has 1 aromatic heterocycles. The maximum absolute atomic E-state index is 12.8. The lowest BCUT2D eigenvalue weighted by Gasteiger charge is -2.34. The molecule has 1 amide bonds. The minimum Gasteiger partial charge on any atom is -0.395 e. The van der Waals surface area contributed by atoms with Crippen LogP contribution >= 0.6 is 0 Å². The molecule has 1 atom stereocenters. The molecule has 8 nitrogen and oxygen atoms in total. The molecule has 0 unspecified atom stereocenters. The van der Waals surface area contributed by atoms with Crippen LogP contribution in [0.25, 0.3) is 0 Å². The number of amides is 1. The fraction of sp³-hybridized carbons (Fsp3) is 0.375. The van der Waals surface area contributed by atoms with Crippen molar-refractivity contribution in [1.82, 2.24) is 15.8 Å². The van der Waals surface area contributed by atoms with Crippen LogP contribution in [0.3, 0.4) is 0 Å². The van der Waals surface area contributed by atoms with E-state index in [1.807, 2.05) is 0 Å². The molecule has 1 heterocycles. The van der Waals surface area contributed by atoms with Crippen molar-refractivity contribution >= 4 is 11.7 Å². The lowest BCUT2D eigenvalue weighted by atomic mass is 9.90. The molecule has 32 heavy (non-hydrogen) atoms. The fourth-order valence-corrected chi connectivity index (χ4v) is 2.86. The Bertz CT molecular complexity index is 1050. The highest BCUT2D eigenvalue weighted by atomic mass is 16.5. The monoisotopic (exact) mass is 437 g/mol. The zero-order chi connectivity index (χ0) is 23.6. The van der Waals surface area contributed by atoms with E-state index in [1.54, 1.807) is 51.1 Å². The van der Waals surface area contributed by atoms with Crippen LogP contribution < -0.4 is 10.6 Å². The Balaban J connectivity index is 2.08. The highest BCUT2D eigenvalue weighted by Crippen LogP contribution is 2.14. The van der Waals surface area contributed by atoms with Crippen LogP contribution in [-0.2, 0) is 11.3 Å². The van der Waals surface area contributed by atoms with Crippen LogP contribution in [-0.4, -0.2) is 51.9 Å². The van der Waals surface area contributed by atoms with Gasteiger partial charge in [-0.05, 0) is 56.9 Å². The van der Waals surface area contributed by atoms with Gasteiger partial charge in [0.15, 0.2) is 5.78 Å². The van der Waals surface area contributed by atoms with Crippen molar-refractivity contribution in [1.29, 1.82) is 0 Å².